The molecular weight excluding hydrogens is 404 g/mol. The van der Waals surface area contributed by atoms with Crippen molar-refractivity contribution in [1.29, 1.82) is 0 Å². The molecule has 0 amide bonds. The molecule has 1 aromatic rings. The van der Waals surface area contributed by atoms with E-state index in [1.165, 1.54) is 44.0 Å². The van der Waals surface area contributed by atoms with Crippen LogP contribution in [0, 0.1) is 5.92 Å². The summed E-state index contributed by atoms with van der Waals surface area (Å²) in [6.45, 7) is 22.0. The number of hydrogen-bond donors (Lipinski definition) is 0. The Kier molecular flexibility index (Phi) is 65.2. The Morgan fingerprint density at radius 2 is 1.06 bits per heavy atom. The van der Waals surface area contributed by atoms with Gasteiger partial charge >= 0.3 is 0 Å². The summed E-state index contributed by atoms with van der Waals surface area (Å²) >= 11 is 0. The number of rotatable bonds is 0. The molecule has 4 rings (SSSR count). The molecule has 1 aromatic carbocycles. The SMILES string of the molecule is C1=CC2=CC=CC2C=C1.C1=Cc2ccccc2C1.CC.CC.CC.CC.[B]C.[B]C.[B]C.[B]C. The zero-order valence-electron chi connectivity index (χ0n) is 24.6. The van der Waals surface area contributed by atoms with E-state index in [1.54, 1.807) is 0 Å². The molecule has 34 heavy (non-hydrogen) atoms. The molecule has 0 bridgehead atoms. The van der Waals surface area contributed by atoms with Crippen molar-refractivity contribution in [3.63, 3.8) is 0 Å². The summed E-state index contributed by atoms with van der Waals surface area (Å²) < 4.78 is 0. The van der Waals surface area contributed by atoms with Crippen molar-refractivity contribution >= 4 is 37.5 Å². The molecule has 3 aliphatic rings. The van der Waals surface area contributed by atoms with E-state index < -0.39 is 0 Å². The monoisotopic (exact) mass is 456 g/mol. The fraction of sp³-hybridized carbons (Fsp3) is 0.467. The van der Waals surface area contributed by atoms with Crippen molar-refractivity contribution < 1.29 is 0 Å². The van der Waals surface area contributed by atoms with E-state index >= 15 is 0 Å². The minimum atomic E-state index is 0.579. The Hall–Kier alpha value is -1.82. The van der Waals surface area contributed by atoms with Crippen molar-refractivity contribution in [2.45, 2.75) is 89.1 Å². The Labute approximate surface area is 221 Å². The molecule has 4 heteroatoms. The van der Waals surface area contributed by atoms with E-state index in [9.17, 15) is 0 Å². The fourth-order valence-corrected chi connectivity index (χ4v) is 2.40. The van der Waals surface area contributed by atoms with E-state index in [4.69, 9.17) is 0 Å². The van der Waals surface area contributed by atoms with Crippen molar-refractivity contribution in [2.24, 2.45) is 5.92 Å². The normalized spacial score (nSPS) is 12.5. The van der Waals surface area contributed by atoms with Gasteiger partial charge in [-0.25, -0.2) is 0 Å². The average molecular weight is 456 g/mol. The second kappa shape index (κ2) is 48.6. The predicted molar refractivity (Wildman–Crippen MR) is 170 cm³/mol. The van der Waals surface area contributed by atoms with Gasteiger partial charge in [-0.15, -0.1) is 0 Å². The van der Waals surface area contributed by atoms with Crippen LogP contribution in [0.4, 0.5) is 0 Å². The Morgan fingerprint density at radius 3 is 1.53 bits per heavy atom. The molecule has 0 fully saturated rings. The summed E-state index contributed by atoms with van der Waals surface area (Å²) in [5.41, 5.74) is 4.26. The number of allylic oxidation sites excluding steroid dienone is 9. The van der Waals surface area contributed by atoms with Gasteiger partial charge in [0.1, 0.15) is 0 Å². The Bertz CT molecular complexity index is 598. The number of benzene rings is 1. The number of fused-ring (bicyclic) bond motifs is 2. The van der Waals surface area contributed by atoms with Crippen LogP contribution in [0.25, 0.3) is 6.08 Å². The first-order valence-corrected chi connectivity index (χ1v) is 12.7. The minimum Gasteiger partial charge on any atom is -0.0999 e. The van der Waals surface area contributed by atoms with Crippen LogP contribution in [0.15, 0.2) is 78.4 Å². The largest absolute Gasteiger partial charge is 0.0999 e. The number of hydrogen-bond acceptors (Lipinski definition) is 0. The lowest BCUT2D eigenvalue weighted by Gasteiger charge is -2.06. The van der Waals surface area contributed by atoms with Crippen molar-refractivity contribution in [2.75, 3.05) is 0 Å². The Balaban J connectivity index is -0.0000000735. The maximum atomic E-state index is 4.50. The van der Waals surface area contributed by atoms with Gasteiger partial charge in [-0.3, -0.25) is 0 Å². The molecule has 0 saturated heterocycles. The highest BCUT2D eigenvalue weighted by Gasteiger charge is 2.09. The predicted octanol–water partition coefficient (Wildman–Crippen LogP) is 9.40. The van der Waals surface area contributed by atoms with E-state index in [2.05, 4.69) is 110 Å². The molecule has 0 heterocycles. The highest BCUT2D eigenvalue weighted by molar-refractivity contribution is 6.06. The quantitative estimate of drug-likeness (QED) is 0.342. The van der Waals surface area contributed by atoms with Crippen LogP contribution in [0.3, 0.4) is 0 Å². The summed E-state index contributed by atoms with van der Waals surface area (Å²) in [5, 5.41) is 0. The van der Waals surface area contributed by atoms with Crippen LogP contribution >= 0.6 is 0 Å². The van der Waals surface area contributed by atoms with Gasteiger partial charge in [0.05, 0.1) is 31.4 Å². The highest BCUT2D eigenvalue weighted by Crippen LogP contribution is 2.24. The molecule has 0 aromatic heterocycles. The molecule has 0 N–H and O–H groups in total. The second-order valence-corrected chi connectivity index (χ2v) is 4.63. The lowest BCUT2D eigenvalue weighted by molar-refractivity contribution is 1.02. The molecule has 184 valence electrons. The van der Waals surface area contributed by atoms with Crippen molar-refractivity contribution in [3.8, 4) is 0 Å². The topological polar surface area (TPSA) is 0 Å². The van der Waals surface area contributed by atoms with E-state index in [-0.39, 0.29) is 0 Å². The van der Waals surface area contributed by atoms with Gasteiger partial charge in [0.15, 0.2) is 0 Å². The first-order chi connectivity index (χ1) is 16.9. The second-order valence-electron chi connectivity index (χ2n) is 4.63. The van der Waals surface area contributed by atoms with E-state index in [1.807, 2.05) is 55.4 Å². The third kappa shape index (κ3) is 24.8. The first-order valence-electron chi connectivity index (χ1n) is 12.7. The molecule has 1 atom stereocenters. The summed E-state index contributed by atoms with van der Waals surface area (Å²) in [6, 6.07) is 8.49. The molecule has 0 aliphatic heterocycles. The van der Waals surface area contributed by atoms with Crippen LogP contribution in [0.2, 0.25) is 27.3 Å². The van der Waals surface area contributed by atoms with Crippen LogP contribution in [0.1, 0.15) is 66.5 Å². The maximum absolute atomic E-state index is 4.50. The van der Waals surface area contributed by atoms with Gasteiger partial charge in [-0.1, -0.05) is 162 Å². The maximum Gasteiger partial charge on any atom is 0.0606 e. The van der Waals surface area contributed by atoms with Gasteiger partial charge in [0.2, 0.25) is 0 Å². The molecule has 1 unspecified atom stereocenters. The van der Waals surface area contributed by atoms with Gasteiger partial charge in [0.25, 0.3) is 0 Å². The third-order valence-electron chi connectivity index (χ3n) is 3.40. The van der Waals surface area contributed by atoms with E-state index in [0.29, 0.717) is 5.92 Å². The zero-order valence-corrected chi connectivity index (χ0v) is 24.6. The fourth-order valence-electron chi connectivity index (χ4n) is 2.40. The summed E-state index contributed by atoms with van der Waals surface area (Å²) in [7, 11) is 18.0. The van der Waals surface area contributed by atoms with Gasteiger partial charge in [-0.2, -0.15) is 0 Å². The van der Waals surface area contributed by atoms with Crippen molar-refractivity contribution in [1.82, 2.24) is 0 Å². The third-order valence-corrected chi connectivity index (χ3v) is 3.40. The summed E-state index contributed by atoms with van der Waals surface area (Å²) in [5.74, 6) is 0.579. The highest BCUT2D eigenvalue weighted by atomic mass is 14.1. The van der Waals surface area contributed by atoms with Crippen LogP contribution < -0.4 is 0 Å². The molecule has 0 spiro atoms. The molecular formula is C30H52B4. The summed E-state index contributed by atoms with van der Waals surface area (Å²) in [6.07, 6.45) is 20.5. The van der Waals surface area contributed by atoms with Crippen LogP contribution in [0.5, 0.6) is 0 Å². The smallest absolute Gasteiger partial charge is 0.0606 e. The average Bonchev–Trinajstić information content (AvgIpc) is 3.68. The lowest BCUT2D eigenvalue weighted by atomic mass is 9.99. The molecule has 3 aliphatic carbocycles. The van der Waals surface area contributed by atoms with E-state index in [0.717, 1.165) is 6.42 Å². The van der Waals surface area contributed by atoms with Crippen molar-refractivity contribution in [3.05, 3.63) is 89.6 Å². The summed E-state index contributed by atoms with van der Waals surface area (Å²) in [4.78, 5) is 0. The van der Waals surface area contributed by atoms with Gasteiger partial charge in [0, 0.05) is 5.92 Å². The Morgan fingerprint density at radius 1 is 0.588 bits per heavy atom. The van der Waals surface area contributed by atoms with Crippen LogP contribution in [-0.4, -0.2) is 31.4 Å². The minimum absolute atomic E-state index is 0.579. The standard InChI is InChI=1S/2C9H8.4C2H6.4CH3B/c2*1-2-5-9-7-3-6-8(9)4-1;8*1-2/h1-6H,7H2;1-8H;4*1-2H3;4*1H3. The molecule has 8 radical (unpaired) electrons. The first kappa shape index (κ1) is 45.6. The van der Waals surface area contributed by atoms with Crippen LogP contribution in [-0.2, 0) is 6.42 Å². The lowest BCUT2D eigenvalue weighted by Crippen LogP contribution is -1.92. The zero-order chi connectivity index (χ0) is 28.2. The molecule has 0 nitrogen and oxygen atoms in total. The molecule has 0 saturated carbocycles. The van der Waals surface area contributed by atoms with Gasteiger partial charge in [-0.05, 0) is 23.1 Å². The van der Waals surface area contributed by atoms with Gasteiger partial charge < -0.3 is 0 Å².